The summed E-state index contributed by atoms with van der Waals surface area (Å²) in [6, 6.07) is 0. The number of rotatable bonds is 2. The van der Waals surface area contributed by atoms with E-state index in [1.54, 1.807) is 11.1 Å². The molecule has 0 heterocycles. The van der Waals surface area contributed by atoms with E-state index in [-0.39, 0.29) is 0 Å². The molecule has 0 bridgehead atoms. The Morgan fingerprint density at radius 2 is 1.84 bits per heavy atom. The predicted octanol–water partition coefficient (Wildman–Crippen LogP) is 4.46. The molecule has 0 N–H and O–H groups in total. The lowest BCUT2D eigenvalue weighted by molar-refractivity contribution is 0.491. The van der Waals surface area contributed by atoms with Crippen LogP contribution in [0.1, 0.15) is 6.42 Å². The standard InChI is InChI=1S/C18H18S/c1-19-11-12-9-15-7-5-13-3-2-4-14-6-8-16(10-12)18(15)17(13)14/h2-9,12,17-18H,10-11H2,1H3. The van der Waals surface area contributed by atoms with E-state index in [0.29, 0.717) is 11.8 Å². The van der Waals surface area contributed by atoms with E-state index in [0.717, 1.165) is 5.92 Å². The normalized spacial score (nSPS) is 34.1. The lowest BCUT2D eigenvalue weighted by Crippen LogP contribution is -2.31. The van der Waals surface area contributed by atoms with Crippen LogP contribution in [0, 0.1) is 17.8 Å². The Balaban J connectivity index is 1.83. The van der Waals surface area contributed by atoms with Gasteiger partial charge in [0, 0.05) is 11.8 Å². The third-order valence-corrected chi connectivity index (χ3v) is 5.41. The maximum absolute atomic E-state index is 2.53. The fraction of sp³-hybridized carbons (Fsp3) is 0.333. The van der Waals surface area contributed by atoms with E-state index >= 15 is 0 Å². The highest BCUT2D eigenvalue weighted by molar-refractivity contribution is 7.98. The molecule has 4 rings (SSSR count). The Morgan fingerprint density at radius 1 is 1.00 bits per heavy atom. The van der Waals surface area contributed by atoms with Crippen molar-refractivity contribution < 1.29 is 0 Å². The molecule has 1 heteroatoms. The Kier molecular flexibility index (Phi) is 2.70. The van der Waals surface area contributed by atoms with Gasteiger partial charge in [-0.3, -0.25) is 0 Å². The van der Waals surface area contributed by atoms with Crippen LogP contribution in [0.5, 0.6) is 0 Å². The van der Waals surface area contributed by atoms with E-state index < -0.39 is 0 Å². The quantitative estimate of drug-likeness (QED) is 0.711. The maximum atomic E-state index is 2.53. The molecule has 0 spiro atoms. The van der Waals surface area contributed by atoms with Crippen LogP contribution in [0.4, 0.5) is 0 Å². The number of hydrogen-bond donors (Lipinski definition) is 0. The average molecular weight is 266 g/mol. The van der Waals surface area contributed by atoms with Crippen molar-refractivity contribution in [2.75, 3.05) is 12.0 Å². The fourth-order valence-electron chi connectivity index (χ4n) is 3.91. The number of thioether (sulfide) groups is 1. The van der Waals surface area contributed by atoms with Crippen molar-refractivity contribution in [1.29, 1.82) is 0 Å². The lowest BCUT2D eigenvalue weighted by atomic mass is 9.62. The highest BCUT2D eigenvalue weighted by Crippen LogP contribution is 2.50. The summed E-state index contributed by atoms with van der Waals surface area (Å²) in [6.07, 6.45) is 22.2. The minimum Gasteiger partial charge on any atom is -0.165 e. The van der Waals surface area contributed by atoms with E-state index in [4.69, 9.17) is 0 Å². The molecule has 3 unspecified atom stereocenters. The van der Waals surface area contributed by atoms with Gasteiger partial charge in [0.2, 0.25) is 0 Å². The molecule has 0 aromatic carbocycles. The minimum absolute atomic E-state index is 0.594. The van der Waals surface area contributed by atoms with E-state index in [9.17, 15) is 0 Å². The predicted molar refractivity (Wildman–Crippen MR) is 84.1 cm³/mol. The van der Waals surface area contributed by atoms with Crippen LogP contribution in [0.2, 0.25) is 0 Å². The van der Waals surface area contributed by atoms with Gasteiger partial charge in [-0.2, -0.15) is 11.8 Å². The Hall–Kier alpha value is -1.21. The molecule has 4 aliphatic carbocycles. The monoisotopic (exact) mass is 266 g/mol. The van der Waals surface area contributed by atoms with Gasteiger partial charge in [-0.1, -0.05) is 54.2 Å². The van der Waals surface area contributed by atoms with Crippen molar-refractivity contribution in [2.45, 2.75) is 6.42 Å². The smallest absolute Gasteiger partial charge is 0.0195 e. The van der Waals surface area contributed by atoms with Crippen molar-refractivity contribution in [3.05, 3.63) is 70.9 Å². The molecule has 96 valence electrons. The molecule has 3 atom stereocenters. The average Bonchev–Trinajstić information content (AvgIpc) is 2.45. The summed E-state index contributed by atoms with van der Waals surface area (Å²) in [6.45, 7) is 0. The van der Waals surface area contributed by atoms with Crippen molar-refractivity contribution in [3.8, 4) is 0 Å². The van der Waals surface area contributed by atoms with Crippen molar-refractivity contribution >= 4 is 11.8 Å². The molecule has 0 nitrogen and oxygen atoms in total. The van der Waals surface area contributed by atoms with E-state index in [1.807, 2.05) is 11.8 Å². The molecule has 0 aliphatic heterocycles. The summed E-state index contributed by atoms with van der Waals surface area (Å²) in [5.74, 6) is 3.18. The van der Waals surface area contributed by atoms with Crippen molar-refractivity contribution in [3.63, 3.8) is 0 Å². The summed E-state index contributed by atoms with van der Waals surface area (Å²) in [7, 11) is 0. The van der Waals surface area contributed by atoms with Gasteiger partial charge in [0.1, 0.15) is 0 Å². The number of allylic oxidation sites excluding steroid dienone is 12. The molecule has 0 aromatic heterocycles. The van der Waals surface area contributed by atoms with Crippen LogP contribution < -0.4 is 0 Å². The van der Waals surface area contributed by atoms with Crippen LogP contribution in [0.15, 0.2) is 70.9 Å². The first-order valence-electron chi connectivity index (χ1n) is 7.04. The molecule has 0 amide bonds. The highest BCUT2D eigenvalue weighted by atomic mass is 32.2. The zero-order chi connectivity index (χ0) is 12.8. The van der Waals surface area contributed by atoms with Crippen LogP contribution in [0.25, 0.3) is 0 Å². The zero-order valence-electron chi connectivity index (χ0n) is 11.2. The minimum atomic E-state index is 0.594. The lowest BCUT2D eigenvalue weighted by Gasteiger charge is -2.42. The van der Waals surface area contributed by atoms with Gasteiger partial charge >= 0.3 is 0 Å². The molecular formula is C18H18S. The second kappa shape index (κ2) is 4.42. The van der Waals surface area contributed by atoms with Crippen LogP contribution in [-0.4, -0.2) is 12.0 Å². The van der Waals surface area contributed by atoms with E-state index in [2.05, 4.69) is 54.9 Å². The third-order valence-electron chi connectivity index (χ3n) is 4.65. The SMILES string of the molecule is CSCC1C=C2C=CC3=CC=CC4=CC=C(C1)C2C34. The summed E-state index contributed by atoms with van der Waals surface area (Å²) in [5.41, 5.74) is 6.19. The molecule has 0 saturated heterocycles. The highest BCUT2D eigenvalue weighted by Gasteiger charge is 2.38. The zero-order valence-corrected chi connectivity index (χ0v) is 12.0. The molecule has 0 radical (unpaired) electrons. The van der Waals surface area contributed by atoms with Crippen molar-refractivity contribution in [2.24, 2.45) is 17.8 Å². The fourth-order valence-corrected chi connectivity index (χ4v) is 4.55. The van der Waals surface area contributed by atoms with Crippen LogP contribution in [0.3, 0.4) is 0 Å². The van der Waals surface area contributed by atoms with Gasteiger partial charge in [-0.15, -0.1) is 0 Å². The molecular weight excluding hydrogens is 248 g/mol. The number of hydrogen-bond acceptors (Lipinski definition) is 1. The second-order valence-corrected chi connectivity index (χ2v) is 6.72. The summed E-state index contributed by atoms with van der Waals surface area (Å²) < 4.78 is 0. The van der Waals surface area contributed by atoms with Crippen LogP contribution in [-0.2, 0) is 0 Å². The van der Waals surface area contributed by atoms with Gasteiger partial charge in [0.05, 0.1) is 0 Å². The van der Waals surface area contributed by atoms with Gasteiger partial charge in [-0.05, 0) is 41.1 Å². The van der Waals surface area contributed by atoms with Gasteiger partial charge in [0.15, 0.2) is 0 Å². The largest absolute Gasteiger partial charge is 0.165 e. The van der Waals surface area contributed by atoms with Crippen LogP contribution >= 0.6 is 11.8 Å². The molecule has 0 fully saturated rings. The third kappa shape index (κ3) is 1.75. The molecule has 0 aromatic rings. The summed E-state index contributed by atoms with van der Waals surface area (Å²) in [4.78, 5) is 0. The Morgan fingerprint density at radius 3 is 2.74 bits per heavy atom. The summed E-state index contributed by atoms with van der Waals surface area (Å²) >= 11 is 1.96. The first kappa shape index (κ1) is 11.6. The van der Waals surface area contributed by atoms with Crippen molar-refractivity contribution in [1.82, 2.24) is 0 Å². The summed E-state index contributed by atoms with van der Waals surface area (Å²) in [5, 5.41) is 0. The van der Waals surface area contributed by atoms with E-state index in [1.165, 1.54) is 23.3 Å². The first-order valence-corrected chi connectivity index (χ1v) is 8.44. The maximum Gasteiger partial charge on any atom is 0.0195 e. The van der Waals surface area contributed by atoms with Gasteiger partial charge < -0.3 is 0 Å². The Bertz CT molecular complexity index is 595. The first-order chi connectivity index (χ1) is 9.36. The van der Waals surface area contributed by atoms with Gasteiger partial charge in [-0.25, -0.2) is 0 Å². The topological polar surface area (TPSA) is 0 Å². The Labute approximate surface area is 119 Å². The molecule has 4 aliphatic rings. The second-order valence-electron chi connectivity index (χ2n) is 5.81. The van der Waals surface area contributed by atoms with Gasteiger partial charge in [0.25, 0.3) is 0 Å². The molecule has 0 saturated carbocycles. The molecule has 19 heavy (non-hydrogen) atoms.